The summed E-state index contributed by atoms with van der Waals surface area (Å²) in [4.78, 5) is 15.7. The van der Waals surface area contributed by atoms with E-state index in [1.807, 2.05) is 36.1 Å². The topological polar surface area (TPSA) is 43.4 Å². The van der Waals surface area contributed by atoms with Crippen LogP contribution in [0, 0.1) is 12.8 Å². The zero-order valence-corrected chi connectivity index (χ0v) is 20.6. The number of likely N-dealkylation sites (tertiary alicyclic amines) is 1. The Morgan fingerprint density at radius 2 is 1.58 bits per heavy atom. The summed E-state index contributed by atoms with van der Waals surface area (Å²) in [6, 6.07) is 18.9. The van der Waals surface area contributed by atoms with Crippen molar-refractivity contribution >= 4 is 5.91 Å². The Balaban J connectivity index is 1.43. The molecular weight excluding hydrogens is 408 g/mol. The Bertz CT molecular complexity index is 910. The van der Waals surface area contributed by atoms with Gasteiger partial charge in [0.25, 0.3) is 0 Å². The number of rotatable bonds is 7. The average molecular weight is 449 g/mol. The first-order valence-corrected chi connectivity index (χ1v) is 12.7. The van der Waals surface area contributed by atoms with Gasteiger partial charge in [-0.3, -0.25) is 4.79 Å². The third-order valence-corrected chi connectivity index (χ3v) is 8.29. The number of carbonyl (C=O) groups excluding carboxylic acids is 1. The molecule has 1 unspecified atom stereocenters. The molecule has 1 amide bonds. The Kier molecular flexibility index (Phi) is 7.25. The zero-order valence-electron chi connectivity index (χ0n) is 20.6. The summed E-state index contributed by atoms with van der Waals surface area (Å²) in [6.07, 6.45) is 6.83. The van der Waals surface area contributed by atoms with Crippen molar-refractivity contribution < 1.29 is 14.4 Å². The van der Waals surface area contributed by atoms with Gasteiger partial charge in [-0.1, -0.05) is 85.8 Å². The molecular formula is C29H40N2O2. The SMILES string of the molecule is Cc1ccc(C([O-])(C(=O)N2CCC([N+](C)(C)CCc3ccccc3)CC2)C2CCCC2)cc1. The lowest BCUT2D eigenvalue weighted by Crippen LogP contribution is -2.62. The lowest BCUT2D eigenvalue weighted by molar-refractivity contribution is -0.916. The molecule has 1 saturated carbocycles. The molecule has 1 atom stereocenters. The third-order valence-electron chi connectivity index (χ3n) is 8.29. The minimum Gasteiger partial charge on any atom is -0.839 e. The maximum Gasteiger partial charge on any atom is 0.216 e. The van der Waals surface area contributed by atoms with E-state index in [1.165, 1.54) is 5.56 Å². The number of carbonyl (C=O) groups is 1. The molecule has 1 aliphatic carbocycles. The Hall–Kier alpha value is -2.17. The second-order valence-corrected chi connectivity index (χ2v) is 10.8. The van der Waals surface area contributed by atoms with Crippen molar-refractivity contribution in [1.29, 1.82) is 0 Å². The highest BCUT2D eigenvalue weighted by atomic mass is 16.3. The van der Waals surface area contributed by atoms with Crippen LogP contribution in [-0.2, 0) is 16.8 Å². The summed E-state index contributed by atoms with van der Waals surface area (Å²) in [7, 11) is 4.63. The summed E-state index contributed by atoms with van der Waals surface area (Å²) in [5.74, 6) is -0.283. The van der Waals surface area contributed by atoms with Crippen molar-refractivity contribution in [2.24, 2.45) is 5.92 Å². The van der Waals surface area contributed by atoms with Gasteiger partial charge in [0.05, 0.1) is 26.7 Å². The monoisotopic (exact) mass is 448 g/mol. The summed E-state index contributed by atoms with van der Waals surface area (Å²) < 4.78 is 0.958. The molecule has 1 aliphatic heterocycles. The standard InChI is InChI=1S/C29H40N2O2/c1-23-13-15-26(16-14-23)29(33,25-11-7-8-12-25)28(32)30-20-17-27(18-21-30)31(2,3)22-19-24-9-5-4-6-10-24/h4-6,9-10,13-16,25,27H,7-8,11-12,17-22H2,1-3H3. The zero-order chi connectivity index (χ0) is 23.5. The fourth-order valence-electron chi connectivity index (χ4n) is 5.91. The molecule has 0 bridgehead atoms. The molecule has 2 aromatic rings. The number of aryl methyl sites for hydroxylation is 1. The van der Waals surface area contributed by atoms with E-state index < -0.39 is 5.60 Å². The molecule has 1 saturated heterocycles. The predicted octanol–water partition coefficient (Wildman–Crippen LogP) is 4.05. The highest BCUT2D eigenvalue weighted by Gasteiger charge is 2.42. The van der Waals surface area contributed by atoms with Gasteiger partial charge in [-0.25, -0.2) is 0 Å². The van der Waals surface area contributed by atoms with Gasteiger partial charge in [0, 0.05) is 32.4 Å². The van der Waals surface area contributed by atoms with Gasteiger partial charge < -0.3 is 14.5 Å². The maximum absolute atomic E-state index is 14.4. The van der Waals surface area contributed by atoms with Crippen LogP contribution in [0.2, 0.25) is 0 Å². The summed E-state index contributed by atoms with van der Waals surface area (Å²) >= 11 is 0. The van der Waals surface area contributed by atoms with Crippen LogP contribution in [0.4, 0.5) is 0 Å². The predicted molar refractivity (Wildman–Crippen MR) is 132 cm³/mol. The van der Waals surface area contributed by atoms with E-state index in [4.69, 9.17) is 0 Å². The molecule has 0 N–H and O–H groups in total. The van der Waals surface area contributed by atoms with E-state index in [9.17, 15) is 9.90 Å². The molecule has 4 nitrogen and oxygen atoms in total. The van der Waals surface area contributed by atoms with Crippen molar-refractivity contribution in [3.63, 3.8) is 0 Å². The van der Waals surface area contributed by atoms with E-state index >= 15 is 0 Å². The Labute approximate surface area is 199 Å². The first-order chi connectivity index (χ1) is 15.8. The lowest BCUT2D eigenvalue weighted by atomic mass is 9.78. The van der Waals surface area contributed by atoms with Crippen LogP contribution in [-0.4, -0.2) is 55.1 Å². The molecule has 4 rings (SSSR count). The number of likely N-dealkylation sites (N-methyl/N-ethyl adjacent to an activating group) is 1. The lowest BCUT2D eigenvalue weighted by Gasteiger charge is -2.50. The van der Waals surface area contributed by atoms with Crippen molar-refractivity contribution in [2.45, 2.75) is 63.5 Å². The summed E-state index contributed by atoms with van der Waals surface area (Å²) in [5.41, 5.74) is 1.51. The molecule has 0 spiro atoms. The van der Waals surface area contributed by atoms with Crippen LogP contribution in [0.25, 0.3) is 0 Å². The second-order valence-electron chi connectivity index (χ2n) is 10.8. The Morgan fingerprint density at radius 1 is 0.970 bits per heavy atom. The van der Waals surface area contributed by atoms with Gasteiger partial charge >= 0.3 is 0 Å². The smallest absolute Gasteiger partial charge is 0.216 e. The first-order valence-electron chi connectivity index (χ1n) is 12.7. The normalized spacial score (nSPS) is 20.1. The molecule has 0 aromatic heterocycles. The molecule has 33 heavy (non-hydrogen) atoms. The van der Waals surface area contributed by atoms with E-state index in [0.29, 0.717) is 24.7 Å². The number of hydrogen-bond acceptors (Lipinski definition) is 2. The number of benzene rings is 2. The quantitative estimate of drug-likeness (QED) is 0.600. The third kappa shape index (κ3) is 5.17. The number of nitrogens with zero attached hydrogens (tertiary/aromatic N) is 2. The van der Waals surface area contributed by atoms with Gasteiger partial charge in [0.15, 0.2) is 0 Å². The van der Waals surface area contributed by atoms with Gasteiger partial charge in [-0.15, -0.1) is 0 Å². The average Bonchev–Trinajstić information content (AvgIpc) is 3.39. The number of hydrogen-bond donors (Lipinski definition) is 0. The number of piperidine rings is 1. The first kappa shape index (κ1) is 24.0. The highest BCUT2D eigenvalue weighted by molar-refractivity contribution is 5.86. The van der Waals surface area contributed by atoms with Crippen LogP contribution >= 0.6 is 0 Å². The maximum atomic E-state index is 14.4. The molecule has 2 aliphatic rings. The minimum absolute atomic E-state index is 0.0940. The summed E-state index contributed by atoms with van der Waals surface area (Å²) in [5, 5.41) is 14.4. The van der Waals surface area contributed by atoms with Crippen LogP contribution in [0.5, 0.6) is 0 Å². The van der Waals surface area contributed by atoms with Crippen LogP contribution < -0.4 is 5.11 Å². The second kappa shape index (κ2) is 9.99. The highest BCUT2D eigenvalue weighted by Crippen LogP contribution is 2.40. The van der Waals surface area contributed by atoms with Gasteiger partial charge in [-0.2, -0.15) is 0 Å². The fraction of sp³-hybridized carbons (Fsp3) is 0.552. The molecule has 4 heteroatoms. The van der Waals surface area contributed by atoms with Crippen molar-refractivity contribution in [1.82, 2.24) is 4.90 Å². The van der Waals surface area contributed by atoms with Crippen LogP contribution in [0.15, 0.2) is 54.6 Å². The van der Waals surface area contributed by atoms with Crippen LogP contribution in [0.1, 0.15) is 55.2 Å². The molecule has 2 aromatic carbocycles. The van der Waals surface area contributed by atoms with Gasteiger partial charge in [-0.05, 0) is 29.6 Å². The van der Waals surface area contributed by atoms with E-state index in [2.05, 4.69) is 44.4 Å². The van der Waals surface area contributed by atoms with E-state index in [1.54, 1.807) is 0 Å². The molecule has 1 heterocycles. The Morgan fingerprint density at radius 3 is 2.18 bits per heavy atom. The fourth-order valence-corrected chi connectivity index (χ4v) is 5.91. The van der Waals surface area contributed by atoms with Crippen molar-refractivity contribution in [2.75, 3.05) is 33.7 Å². The van der Waals surface area contributed by atoms with Gasteiger partial charge in [0.1, 0.15) is 0 Å². The van der Waals surface area contributed by atoms with Gasteiger partial charge in [0.2, 0.25) is 5.91 Å². The van der Waals surface area contributed by atoms with Crippen molar-refractivity contribution in [3.8, 4) is 0 Å². The van der Waals surface area contributed by atoms with Crippen molar-refractivity contribution in [3.05, 3.63) is 71.3 Å². The molecule has 2 fully saturated rings. The number of quaternary nitrogens is 1. The number of amides is 1. The largest absolute Gasteiger partial charge is 0.839 e. The van der Waals surface area contributed by atoms with E-state index in [-0.39, 0.29) is 11.8 Å². The minimum atomic E-state index is -1.64. The molecule has 0 radical (unpaired) electrons. The summed E-state index contributed by atoms with van der Waals surface area (Å²) in [6.45, 7) is 4.49. The molecule has 178 valence electrons. The van der Waals surface area contributed by atoms with E-state index in [0.717, 1.165) is 61.5 Å². The van der Waals surface area contributed by atoms with Crippen LogP contribution in [0.3, 0.4) is 0 Å².